The molecule has 0 aliphatic rings. The normalized spacial score (nSPS) is 11.3. The summed E-state index contributed by atoms with van der Waals surface area (Å²) in [7, 11) is 0. The van der Waals surface area contributed by atoms with Crippen molar-refractivity contribution in [3.8, 4) is 0 Å². The van der Waals surface area contributed by atoms with Crippen LogP contribution < -0.4 is 5.32 Å². The summed E-state index contributed by atoms with van der Waals surface area (Å²) in [5.74, 6) is 0. The van der Waals surface area contributed by atoms with Crippen LogP contribution in [0.15, 0.2) is 41.2 Å². The summed E-state index contributed by atoms with van der Waals surface area (Å²) in [5, 5.41) is 9.04. The van der Waals surface area contributed by atoms with E-state index in [0.717, 1.165) is 11.6 Å². The Balaban J connectivity index is 1.77. The molecule has 0 aliphatic carbocycles. The average molecular weight is 306 g/mol. The summed E-state index contributed by atoms with van der Waals surface area (Å²) in [6.07, 6.45) is 1.97. The van der Waals surface area contributed by atoms with Gasteiger partial charge in [-0.3, -0.25) is 5.32 Å². The maximum absolute atomic E-state index is 4.30. The number of hydrogen-bond donors (Lipinski definition) is 1. The van der Waals surface area contributed by atoms with Gasteiger partial charge in [-0.15, -0.1) is 34.0 Å². The number of aromatic nitrogens is 1. The summed E-state index contributed by atoms with van der Waals surface area (Å²) < 4.78 is 0. The first-order chi connectivity index (χ1) is 9.33. The Kier molecular flexibility index (Phi) is 4.08. The molecular formula is C14H14N2S3. The summed E-state index contributed by atoms with van der Waals surface area (Å²) in [4.78, 5) is 8.32. The number of nitrogens with zero attached hydrogens (tertiary/aromatic N) is 1. The lowest BCUT2D eigenvalue weighted by atomic mass is 10.2. The zero-order valence-electron chi connectivity index (χ0n) is 10.5. The molecule has 5 heteroatoms. The Morgan fingerprint density at radius 3 is 2.32 bits per heavy atom. The Hall–Kier alpha value is -1.01. The molecule has 19 heavy (non-hydrogen) atoms. The van der Waals surface area contributed by atoms with Crippen LogP contribution in [0.1, 0.15) is 25.7 Å². The van der Waals surface area contributed by atoms with E-state index in [2.05, 4.69) is 45.3 Å². The van der Waals surface area contributed by atoms with Gasteiger partial charge >= 0.3 is 0 Å². The fraction of sp³-hybridized carbons (Fsp3) is 0.214. The van der Waals surface area contributed by atoms with Gasteiger partial charge in [-0.2, -0.15) is 0 Å². The Morgan fingerprint density at radius 1 is 1.16 bits per heavy atom. The number of hydrogen-bond acceptors (Lipinski definition) is 5. The Morgan fingerprint density at radius 2 is 1.84 bits per heavy atom. The van der Waals surface area contributed by atoms with Gasteiger partial charge in [-0.05, 0) is 29.8 Å². The van der Waals surface area contributed by atoms with Crippen molar-refractivity contribution < 1.29 is 0 Å². The minimum atomic E-state index is 0.294. The predicted octanol–water partition coefficient (Wildman–Crippen LogP) is 4.45. The molecule has 0 spiro atoms. The molecule has 0 aliphatic heterocycles. The minimum absolute atomic E-state index is 0.294. The second kappa shape index (κ2) is 5.96. The van der Waals surface area contributed by atoms with E-state index in [0.29, 0.717) is 6.04 Å². The monoisotopic (exact) mass is 306 g/mol. The molecule has 0 unspecified atom stereocenters. The summed E-state index contributed by atoms with van der Waals surface area (Å²) in [6.45, 7) is 2.91. The van der Waals surface area contributed by atoms with Gasteiger partial charge < -0.3 is 0 Å². The highest BCUT2D eigenvalue weighted by Gasteiger charge is 2.15. The van der Waals surface area contributed by atoms with E-state index >= 15 is 0 Å². The third kappa shape index (κ3) is 3.12. The Bertz CT molecular complexity index is 577. The van der Waals surface area contributed by atoms with Gasteiger partial charge in [0.2, 0.25) is 0 Å². The molecule has 0 radical (unpaired) electrons. The number of nitrogens with one attached hydrogen (secondary N) is 1. The summed E-state index contributed by atoms with van der Waals surface area (Å²) in [5.41, 5.74) is 0. The molecule has 3 aromatic rings. The second-order valence-corrected chi connectivity index (χ2v) is 7.47. The second-order valence-electron chi connectivity index (χ2n) is 4.19. The first kappa shape index (κ1) is 13.0. The fourth-order valence-corrected chi connectivity index (χ4v) is 4.40. The smallest absolute Gasteiger partial charge is 0.0897 e. The SMILES string of the molecule is Cc1ncc(CNC(c2cccs2)c2cccs2)s1. The van der Waals surface area contributed by atoms with E-state index in [9.17, 15) is 0 Å². The van der Waals surface area contributed by atoms with Crippen molar-refractivity contribution in [3.05, 3.63) is 60.9 Å². The molecule has 3 rings (SSSR count). The van der Waals surface area contributed by atoms with Crippen LogP contribution in [0.4, 0.5) is 0 Å². The van der Waals surface area contributed by atoms with Gasteiger partial charge in [-0.25, -0.2) is 4.98 Å². The highest BCUT2D eigenvalue weighted by atomic mass is 32.1. The molecule has 98 valence electrons. The van der Waals surface area contributed by atoms with E-state index in [-0.39, 0.29) is 0 Å². The molecule has 1 N–H and O–H groups in total. The Labute approximate surface area is 124 Å². The highest BCUT2D eigenvalue weighted by Crippen LogP contribution is 2.29. The molecule has 0 saturated heterocycles. The third-order valence-corrected chi connectivity index (χ3v) is 5.59. The summed E-state index contributed by atoms with van der Waals surface area (Å²) >= 11 is 5.36. The molecule has 3 aromatic heterocycles. The fourth-order valence-electron chi connectivity index (χ4n) is 1.94. The van der Waals surface area contributed by atoms with Gasteiger partial charge in [-0.1, -0.05) is 12.1 Å². The van der Waals surface area contributed by atoms with Crippen molar-refractivity contribution in [2.45, 2.75) is 19.5 Å². The first-order valence-electron chi connectivity index (χ1n) is 6.04. The van der Waals surface area contributed by atoms with E-state index in [1.54, 1.807) is 34.0 Å². The number of rotatable bonds is 5. The molecule has 0 amide bonds. The third-order valence-electron chi connectivity index (χ3n) is 2.80. The average Bonchev–Trinajstić information content (AvgIpc) is 3.11. The number of thiazole rings is 1. The molecule has 0 atom stereocenters. The van der Waals surface area contributed by atoms with Crippen LogP contribution in [0, 0.1) is 6.92 Å². The molecule has 0 saturated carbocycles. The van der Waals surface area contributed by atoms with Gasteiger partial charge in [0.05, 0.1) is 11.0 Å². The van der Waals surface area contributed by atoms with Crippen LogP contribution in [0.25, 0.3) is 0 Å². The minimum Gasteiger partial charge on any atom is -0.300 e. The lowest BCUT2D eigenvalue weighted by Gasteiger charge is -2.15. The van der Waals surface area contributed by atoms with Crippen LogP contribution in [0.2, 0.25) is 0 Å². The predicted molar refractivity (Wildman–Crippen MR) is 84.2 cm³/mol. The molecule has 0 bridgehead atoms. The van der Waals surface area contributed by atoms with Crippen LogP contribution in [-0.4, -0.2) is 4.98 Å². The van der Waals surface area contributed by atoms with Crippen LogP contribution >= 0.6 is 34.0 Å². The van der Waals surface area contributed by atoms with Crippen molar-refractivity contribution in [1.29, 1.82) is 0 Å². The lowest BCUT2D eigenvalue weighted by molar-refractivity contribution is 0.626. The van der Waals surface area contributed by atoms with E-state index in [1.165, 1.54) is 14.6 Å². The first-order valence-corrected chi connectivity index (χ1v) is 8.62. The van der Waals surface area contributed by atoms with Crippen molar-refractivity contribution in [1.82, 2.24) is 10.3 Å². The maximum Gasteiger partial charge on any atom is 0.0897 e. The van der Waals surface area contributed by atoms with E-state index in [1.807, 2.05) is 13.1 Å². The van der Waals surface area contributed by atoms with E-state index in [4.69, 9.17) is 0 Å². The quantitative estimate of drug-likeness (QED) is 0.753. The largest absolute Gasteiger partial charge is 0.300 e. The number of thiophene rings is 2. The lowest BCUT2D eigenvalue weighted by Crippen LogP contribution is -2.19. The van der Waals surface area contributed by atoms with E-state index < -0.39 is 0 Å². The summed E-state index contributed by atoms with van der Waals surface area (Å²) in [6, 6.07) is 8.90. The highest BCUT2D eigenvalue weighted by molar-refractivity contribution is 7.12. The number of aryl methyl sites for hydroxylation is 1. The topological polar surface area (TPSA) is 24.9 Å². The van der Waals surface area contributed by atoms with Crippen LogP contribution in [0.3, 0.4) is 0 Å². The molecule has 0 aromatic carbocycles. The standard InChI is InChI=1S/C14H14N2S3/c1-10-15-8-11(19-10)9-16-14(12-4-2-6-17-12)13-5-3-7-18-13/h2-8,14,16H,9H2,1H3. The van der Waals surface area contributed by atoms with Crippen LogP contribution in [-0.2, 0) is 6.54 Å². The zero-order chi connectivity index (χ0) is 13.1. The molecule has 2 nitrogen and oxygen atoms in total. The van der Waals surface area contributed by atoms with Gasteiger partial charge in [0.25, 0.3) is 0 Å². The van der Waals surface area contributed by atoms with Crippen molar-refractivity contribution in [2.24, 2.45) is 0 Å². The van der Waals surface area contributed by atoms with Crippen molar-refractivity contribution in [2.75, 3.05) is 0 Å². The van der Waals surface area contributed by atoms with Gasteiger partial charge in [0, 0.05) is 27.4 Å². The van der Waals surface area contributed by atoms with Crippen LogP contribution in [0.5, 0.6) is 0 Å². The maximum atomic E-state index is 4.30. The molecular weight excluding hydrogens is 292 g/mol. The molecule has 0 fully saturated rings. The zero-order valence-corrected chi connectivity index (χ0v) is 12.9. The van der Waals surface area contributed by atoms with Crippen molar-refractivity contribution >= 4 is 34.0 Å². The van der Waals surface area contributed by atoms with Gasteiger partial charge in [0.15, 0.2) is 0 Å². The van der Waals surface area contributed by atoms with Crippen molar-refractivity contribution in [3.63, 3.8) is 0 Å². The molecule has 3 heterocycles. The van der Waals surface area contributed by atoms with Gasteiger partial charge in [0.1, 0.15) is 0 Å².